The second kappa shape index (κ2) is 2.08. The number of aliphatic hydroxyl groups excluding tert-OH is 1. The van der Waals surface area contributed by atoms with E-state index in [9.17, 15) is 4.79 Å². The highest BCUT2D eigenvalue weighted by Gasteiger charge is 2.49. The van der Waals surface area contributed by atoms with Gasteiger partial charge in [-0.1, -0.05) is 0 Å². The Labute approximate surface area is 53.9 Å². The number of nitrogens with two attached hydrogens (primary N) is 1. The van der Waals surface area contributed by atoms with Crippen molar-refractivity contribution in [3.63, 3.8) is 0 Å². The Hall–Kier alpha value is -0.410. The Morgan fingerprint density at radius 3 is 2.89 bits per heavy atom. The fourth-order valence-electron chi connectivity index (χ4n) is 1.03. The van der Waals surface area contributed by atoms with E-state index in [1.165, 1.54) is 0 Å². The molecule has 0 amide bonds. The first kappa shape index (κ1) is 6.71. The van der Waals surface area contributed by atoms with Crippen molar-refractivity contribution in [3.05, 3.63) is 0 Å². The van der Waals surface area contributed by atoms with E-state index >= 15 is 0 Å². The van der Waals surface area contributed by atoms with Gasteiger partial charge in [0, 0.05) is 12.0 Å². The standard InChI is InChI=1S/C6H11NO2/c7-6(4-9)3-5(6)1-2-8/h2,5,9H,1,3-4,7H2. The first-order chi connectivity index (χ1) is 4.23. The summed E-state index contributed by atoms with van der Waals surface area (Å²) in [6.45, 7) is 0.00546. The largest absolute Gasteiger partial charge is 0.394 e. The maximum Gasteiger partial charge on any atom is 0.120 e. The quantitative estimate of drug-likeness (QED) is 0.494. The highest BCUT2D eigenvalue weighted by Crippen LogP contribution is 2.42. The number of aldehydes is 1. The monoisotopic (exact) mass is 129 g/mol. The van der Waals surface area contributed by atoms with Gasteiger partial charge in [-0.05, 0) is 12.3 Å². The van der Waals surface area contributed by atoms with E-state index in [0.29, 0.717) is 6.42 Å². The zero-order valence-corrected chi connectivity index (χ0v) is 5.21. The van der Waals surface area contributed by atoms with Crippen LogP contribution in [0, 0.1) is 5.92 Å². The lowest BCUT2D eigenvalue weighted by atomic mass is 10.2. The van der Waals surface area contributed by atoms with Crippen LogP contribution in [0.25, 0.3) is 0 Å². The molecule has 0 aromatic carbocycles. The summed E-state index contributed by atoms with van der Waals surface area (Å²) in [5.41, 5.74) is 5.15. The average Bonchev–Trinajstić information content (AvgIpc) is 2.46. The Balaban J connectivity index is 2.29. The molecule has 9 heavy (non-hydrogen) atoms. The van der Waals surface area contributed by atoms with Crippen molar-refractivity contribution >= 4 is 6.29 Å². The molecule has 0 aromatic rings. The summed E-state index contributed by atoms with van der Waals surface area (Å²) in [5.74, 6) is 0.236. The molecular formula is C6H11NO2. The van der Waals surface area contributed by atoms with Gasteiger partial charge in [-0.2, -0.15) is 0 Å². The number of rotatable bonds is 3. The molecule has 1 rings (SSSR count). The third-order valence-corrected chi connectivity index (χ3v) is 1.95. The molecule has 2 atom stereocenters. The molecule has 0 spiro atoms. The van der Waals surface area contributed by atoms with Crippen LogP contribution in [0.15, 0.2) is 0 Å². The van der Waals surface area contributed by atoms with Crippen molar-refractivity contribution in [1.29, 1.82) is 0 Å². The van der Waals surface area contributed by atoms with Gasteiger partial charge in [0.25, 0.3) is 0 Å². The van der Waals surface area contributed by atoms with Crippen molar-refractivity contribution in [2.24, 2.45) is 11.7 Å². The lowest BCUT2D eigenvalue weighted by molar-refractivity contribution is -0.108. The highest BCUT2D eigenvalue weighted by molar-refractivity contribution is 5.51. The molecule has 3 N–H and O–H groups in total. The molecule has 0 heterocycles. The normalized spacial score (nSPS) is 40.4. The zero-order valence-electron chi connectivity index (χ0n) is 5.21. The van der Waals surface area contributed by atoms with Gasteiger partial charge in [-0.3, -0.25) is 0 Å². The van der Waals surface area contributed by atoms with E-state index in [-0.39, 0.29) is 12.5 Å². The highest BCUT2D eigenvalue weighted by atomic mass is 16.3. The lowest BCUT2D eigenvalue weighted by Crippen LogP contribution is -2.29. The molecule has 0 saturated heterocycles. The summed E-state index contributed by atoms with van der Waals surface area (Å²) >= 11 is 0. The summed E-state index contributed by atoms with van der Waals surface area (Å²) in [4.78, 5) is 9.92. The molecule has 0 bridgehead atoms. The number of carbonyl (C=O) groups excluding carboxylic acids is 1. The van der Waals surface area contributed by atoms with Gasteiger partial charge in [0.2, 0.25) is 0 Å². The molecule has 2 unspecified atom stereocenters. The molecule has 0 aromatic heterocycles. The van der Waals surface area contributed by atoms with Crippen LogP contribution in [0.1, 0.15) is 12.8 Å². The maximum atomic E-state index is 9.92. The Morgan fingerprint density at radius 1 is 1.89 bits per heavy atom. The van der Waals surface area contributed by atoms with Crippen molar-refractivity contribution < 1.29 is 9.90 Å². The summed E-state index contributed by atoms with van der Waals surface area (Å²) in [7, 11) is 0. The van der Waals surface area contributed by atoms with Crippen LogP contribution >= 0.6 is 0 Å². The minimum absolute atomic E-state index is 0.00546. The van der Waals surface area contributed by atoms with Crippen LogP contribution in [-0.4, -0.2) is 23.5 Å². The van der Waals surface area contributed by atoms with E-state index in [1.54, 1.807) is 0 Å². The lowest BCUT2D eigenvalue weighted by Gasteiger charge is -2.02. The summed E-state index contributed by atoms with van der Waals surface area (Å²) < 4.78 is 0. The van der Waals surface area contributed by atoms with E-state index < -0.39 is 5.54 Å². The van der Waals surface area contributed by atoms with Gasteiger partial charge in [0.15, 0.2) is 0 Å². The molecule has 0 aliphatic heterocycles. The minimum Gasteiger partial charge on any atom is -0.394 e. The predicted molar refractivity (Wildman–Crippen MR) is 32.8 cm³/mol. The molecule has 52 valence electrons. The first-order valence-electron chi connectivity index (χ1n) is 3.06. The van der Waals surface area contributed by atoms with Crippen LogP contribution in [0.2, 0.25) is 0 Å². The van der Waals surface area contributed by atoms with Crippen LogP contribution in [-0.2, 0) is 4.79 Å². The Kier molecular flexibility index (Phi) is 1.55. The third kappa shape index (κ3) is 1.11. The number of hydrogen-bond acceptors (Lipinski definition) is 3. The second-order valence-corrected chi connectivity index (χ2v) is 2.69. The van der Waals surface area contributed by atoms with Gasteiger partial charge >= 0.3 is 0 Å². The van der Waals surface area contributed by atoms with Gasteiger partial charge in [-0.15, -0.1) is 0 Å². The van der Waals surface area contributed by atoms with Crippen molar-refractivity contribution in [3.8, 4) is 0 Å². The van der Waals surface area contributed by atoms with Gasteiger partial charge < -0.3 is 15.6 Å². The number of aliphatic hydroxyl groups is 1. The number of carbonyl (C=O) groups is 1. The summed E-state index contributed by atoms with van der Waals surface area (Å²) in [5, 5.41) is 8.62. The molecule has 3 nitrogen and oxygen atoms in total. The van der Waals surface area contributed by atoms with Crippen LogP contribution in [0.3, 0.4) is 0 Å². The van der Waals surface area contributed by atoms with Gasteiger partial charge in [0.05, 0.1) is 6.61 Å². The van der Waals surface area contributed by atoms with Gasteiger partial charge in [-0.25, -0.2) is 0 Å². The third-order valence-electron chi connectivity index (χ3n) is 1.95. The molecule has 1 aliphatic rings. The topological polar surface area (TPSA) is 63.3 Å². The molecule has 3 heteroatoms. The number of hydrogen-bond donors (Lipinski definition) is 2. The van der Waals surface area contributed by atoms with E-state index in [4.69, 9.17) is 10.8 Å². The summed E-state index contributed by atoms with van der Waals surface area (Å²) in [6.07, 6.45) is 2.15. The van der Waals surface area contributed by atoms with Crippen molar-refractivity contribution in [2.75, 3.05) is 6.61 Å². The van der Waals surface area contributed by atoms with Crippen molar-refractivity contribution in [2.45, 2.75) is 18.4 Å². The average molecular weight is 129 g/mol. The second-order valence-electron chi connectivity index (χ2n) is 2.69. The smallest absolute Gasteiger partial charge is 0.120 e. The van der Waals surface area contributed by atoms with E-state index in [1.807, 2.05) is 0 Å². The minimum atomic E-state index is -0.416. The molecule has 1 saturated carbocycles. The Morgan fingerprint density at radius 2 is 2.56 bits per heavy atom. The predicted octanol–water partition coefficient (Wildman–Crippen LogP) is -0.715. The Bertz CT molecular complexity index is 126. The maximum absolute atomic E-state index is 9.92. The fraction of sp³-hybridized carbons (Fsp3) is 0.833. The van der Waals surface area contributed by atoms with E-state index in [0.717, 1.165) is 12.7 Å². The summed E-state index contributed by atoms with van der Waals surface area (Å²) in [6, 6.07) is 0. The zero-order chi connectivity index (χ0) is 6.91. The molecule has 1 fully saturated rings. The molecular weight excluding hydrogens is 118 g/mol. The molecule has 0 radical (unpaired) electrons. The first-order valence-corrected chi connectivity index (χ1v) is 3.06. The van der Waals surface area contributed by atoms with Crippen LogP contribution in [0.5, 0.6) is 0 Å². The van der Waals surface area contributed by atoms with Crippen LogP contribution in [0.4, 0.5) is 0 Å². The fourth-order valence-corrected chi connectivity index (χ4v) is 1.03. The van der Waals surface area contributed by atoms with Crippen molar-refractivity contribution in [1.82, 2.24) is 0 Å². The SMILES string of the molecule is NC1(CO)CC1CC=O. The van der Waals surface area contributed by atoms with E-state index in [2.05, 4.69) is 0 Å². The molecule has 1 aliphatic carbocycles. The van der Waals surface area contributed by atoms with Crippen LogP contribution < -0.4 is 5.73 Å². The van der Waals surface area contributed by atoms with Gasteiger partial charge in [0.1, 0.15) is 6.29 Å².